The van der Waals surface area contributed by atoms with Gasteiger partial charge in [0, 0.05) is 24.5 Å². The lowest BCUT2D eigenvalue weighted by Crippen LogP contribution is -2.53. The predicted octanol–water partition coefficient (Wildman–Crippen LogP) is 3.83. The number of methoxy groups -OCH3 is 2. The van der Waals surface area contributed by atoms with Crippen LogP contribution in [0.25, 0.3) is 10.9 Å². The first-order valence-corrected chi connectivity index (χ1v) is 14.0. The summed E-state index contributed by atoms with van der Waals surface area (Å²) in [5.74, 6) is 2.00. The first-order valence-electron chi connectivity index (χ1n) is 14.0. The summed E-state index contributed by atoms with van der Waals surface area (Å²) in [7, 11) is 3.16. The summed E-state index contributed by atoms with van der Waals surface area (Å²) >= 11 is 0. The highest BCUT2D eigenvalue weighted by Crippen LogP contribution is 2.40. The summed E-state index contributed by atoms with van der Waals surface area (Å²) in [6.45, 7) is 1.18. The number of fused-ring (bicyclic) bond motifs is 2. The molecule has 2 unspecified atom stereocenters. The largest absolute Gasteiger partial charge is 0.493 e. The molecule has 4 aromatic rings. The van der Waals surface area contributed by atoms with Crippen LogP contribution in [-0.2, 0) is 17.6 Å². The molecule has 212 valence electrons. The monoisotopic (exact) mass is 553 g/mol. The summed E-state index contributed by atoms with van der Waals surface area (Å²) in [6, 6.07) is 21.2. The zero-order valence-electron chi connectivity index (χ0n) is 23.3. The van der Waals surface area contributed by atoms with E-state index in [2.05, 4.69) is 27.3 Å². The fourth-order valence-electron chi connectivity index (χ4n) is 6.24. The average molecular weight is 554 g/mol. The van der Waals surface area contributed by atoms with Gasteiger partial charge in [0.25, 0.3) is 0 Å². The number of rotatable bonds is 7. The molecule has 0 saturated carbocycles. The Hall–Kier alpha value is -4.37. The van der Waals surface area contributed by atoms with Crippen molar-refractivity contribution in [1.29, 1.82) is 0 Å². The minimum atomic E-state index is -0.714. The molecule has 1 aliphatic heterocycles. The summed E-state index contributed by atoms with van der Waals surface area (Å²) in [5, 5.41) is 14.9. The number of amides is 1. The van der Waals surface area contributed by atoms with Gasteiger partial charge < -0.3 is 30.5 Å². The highest BCUT2D eigenvalue weighted by Gasteiger charge is 2.44. The molecule has 9 heteroatoms. The highest BCUT2D eigenvalue weighted by molar-refractivity contribution is 5.92. The standard InChI is InChI=1S/C32H35N5O4/c1-40-26-17-23-24(18-27(26)41-2)35-31(36-29(23)33)37-14-12-32(13-15-37,19-20-8-4-3-5-9-20)30(39)34-25-16-21-10-6-7-11-22(21)28(25)38/h3-11,17-18,25,28,38H,12-16,19H2,1-2H3,(H,34,39)(H2,33,35,36). The van der Waals surface area contributed by atoms with Crippen LogP contribution in [0.2, 0.25) is 0 Å². The van der Waals surface area contributed by atoms with Gasteiger partial charge in [-0.05, 0) is 48.4 Å². The van der Waals surface area contributed by atoms with Crippen LogP contribution in [0.3, 0.4) is 0 Å². The van der Waals surface area contributed by atoms with E-state index in [4.69, 9.17) is 20.2 Å². The van der Waals surface area contributed by atoms with Crippen molar-refractivity contribution in [2.45, 2.75) is 37.8 Å². The Kier molecular flexibility index (Phi) is 7.13. The van der Waals surface area contributed by atoms with Gasteiger partial charge in [0.2, 0.25) is 11.9 Å². The highest BCUT2D eigenvalue weighted by atomic mass is 16.5. The van der Waals surface area contributed by atoms with Crippen LogP contribution in [0.4, 0.5) is 11.8 Å². The van der Waals surface area contributed by atoms with E-state index >= 15 is 0 Å². The van der Waals surface area contributed by atoms with Gasteiger partial charge in [0.15, 0.2) is 11.5 Å². The lowest BCUT2D eigenvalue weighted by atomic mass is 9.72. The molecule has 1 amide bonds. The number of anilines is 2. The van der Waals surface area contributed by atoms with E-state index in [9.17, 15) is 9.90 Å². The van der Waals surface area contributed by atoms with E-state index in [0.717, 1.165) is 16.7 Å². The van der Waals surface area contributed by atoms with Crippen molar-refractivity contribution in [3.63, 3.8) is 0 Å². The molecule has 0 spiro atoms. The SMILES string of the molecule is COc1cc2nc(N3CCC(Cc4ccccc4)(C(=O)NC4Cc5ccccc5C4O)CC3)nc(N)c2cc1OC. The number of carbonyl (C=O) groups excluding carboxylic acids is 1. The Morgan fingerprint density at radius 1 is 1.02 bits per heavy atom. The minimum Gasteiger partial charge on any atom is -0.493 e. The fraction of sp³-hybridized carbons (Fsp3) is 0.344. The van der Waals surface area contributed by atoms with Crippen molar-refractivity contribution in [3.05, 3.63) is 83.4 Å². The van der Waals surface area contributed by atoms with Gasteiger partial charge in [0.05, 0.1) is 37.3 Å². The van der Waals surface area contributed by atoms with Crippen LogP contribution in [0.15, 0.2) is 66.7 Å². The normalized spacial score (nSPS) is 19.5. The molecule has 2 aliphatic rings. The number of nitrogens with one attached hydrogen (secondary N) is 1. The van der Waals surface area contributed by atoms with Crippen LogP contribution in [-0.4, -0.2) is 54.3 Å². The Bertz CT molecular complexity index is 1570. The molecule has 6 rings (SSSR count). The van der Waals surface area contributed by atoms with E-state index < -0.39 is 11.5 Å². The topological polar surface area (TPSA) is 123 Å². The van der Waals surface area contributed by atoms with Crippen molar-refractivity contribution in [3.8, 4) is 11.5 Å². The molecule has 41 heavy (non-hydrogen) atoms. The average Bonchev–Trinajstić information content (AvgIpc) is 3.32. The Morgan fingerprint density at radius 2 is 1.71 bits per heavy atom. The Morgan fingerprint density at radius 3 is 2.41 bits per heavy atom. The third-order valence-corrected chi connectivity index (χ3v) is 8.60. The molecular formula is C32H35N5O4. The van der Waals surface area contributed by atoms with Gasteiger partial charge in [-0.1, -0.05) is 54.6 Å². The molecule has 0 radical (unpaired) electrons. The molecular weight excluding hydrogens is 518 g/mol. The molecule has 1 aromatic heterocycles. The fourth-order valence-corrected chi connectivity index (χ4v) is 6.24. The Labute approximate surface area is 239 Å². The first-order chi connectivity index (χ1) is 19.9. The summed E-state index contributed by atoms with van der Waals surface area (Å²) < 4.78 is 10.9. The quantitative estimate of drug-likeness (QED) is 0.316. The van der Waals surface area contributed by atoms with Crippen LogP contribution >= 0.6 is 0 Å². The van der Waals surface area contributed by atoms with Crippen LogP contribution < -0.4 is 25.4 Å². The van der Waals surface area contributed by atoms with Gasteiger partial charge in [-0.15, -0.1) is 0 Å². The molecule has 1 fully saturated rings. The number of aliphatic hydroxyl groups excluding tert-OH is 1. The van der Waals surface area contributed by atoms with E-state index in [0.29, 0.717) is 72.9 Å². The summed E-state index contributed by atoms with van der Waals surface area (Å²) in [6.07, 6.45) is 1.73. The zero-order valence-corrected chi connectivity index (χ0v) is 23.3. The molecule has 2 heterocycles. The lowest BCUT2D eigenvalue weighted by molar-refractivity contribution is -0.134. The maximum atomic E-state index is 14.1. The van der Waals surface area contributed by atoms with Crippen LogP contribution in [0.5, 0.6) is 11.5 Å². The number of benzene rings is 3. The molecule has 1 saturated heterocycles. The summed E-state index contributed by atoms with van der Waals surface area (Å²) in [5.41, 5.74) is 9.48. The van der Waals surface area contributed by atoms with Gasteiger partial charge in [0.1, 0.15) is 5.82 Å². The third-order valence-electron chi connectivity index (χ3n) is 8.60. The van der Waals surface area contributed by atoms with Crippen LogP contribution in [0, 0.1) is 5.41 Å². The Balaban J connectivity index is 1.25. The van der Waals surface area contributed by atoms with E-state index in [1.54, 1.807) is 26.4 Å². The van der Waals surface area contributed by atoms with Crippen molar-refractivity contribution in [2.75, 3.05) is 37.9 Å². The van der Waals surface area contributed by atoms with Crippen molar-refractivity contribution in [2.24, 2.45) is 5.41 Å². The van der Waals surface area contributed by atoms with Gasteiger partial charge in [-0.2, -0.15) is 4.98 Å². The molecule has 1 aliphatic carbocycles. The second-order valence-electron chi connectivity index (χ2n) is 11.0. The maximum absolute atomic E-state index is 14.1. The third kappa shape index (κ3) is 5.02. The zero-order chi connectivity index (χ0) is 28.6. The molecule has 0 bridgehead atoms. The van der Waals surface area contributed by atoms with Gasteiger partial charge in [-0.3, -0.25) is 4.79 Å². The van der Waals surface area contributed by atoms with Gasteiger partial charge in [-0.25, -0.2) is 4.98 Å². The minimum absolute atomic E-state index is 0.0198. The number of ether oxygens (including phenoxy) is 2. The van der Waals surface area contributed by atoms with E-state index in [-0.39, 0.29) is 11.9 Å². The number of hydrogen-bond acceptors (Lipinski definition) is 8. The number of aromatic nitrogens is 2. The number of nitrogens with two attached hydrogens (primary N) is 1. The van der Waals surface area contributed by atoms with Gasteiger partial charge >= 0.3 is 0 Å². The number of nitrogen functional groups attached to an aromatic ring is 1. The molecule has 3 aromatic carbocycles. The number of nitrogens with zero attached hydrogens (tertiary/aromatic N) is 3. The van der Waals surface area contributed by atoms with E-state index in [1.807, 2.05) is 42.5 Å². The lowest BCUT2D eigenvalue weighted by Gasteiger charge is -2.41. The molecule has 4 N–H and O–H groups in total. The number of carbonyl (C=O) groups is 1. The van der Waals surface area contributed by atoms with Crippen molar-refractivity contribution < 1.29 is 19.4 Å². The maximum Gasteiger partial charge on any atom is 0.227 e. The number of piperidine rings is 1. The smallest absolute Gasteiger partial charge is 0.227 e. The van der Waals surface area contributed by atoms with Crippen molar-refractivity contribution >= 4 is 28.6 Å². The second-order valence-corrected chi connectivity index (χ2v) is 11.0. The molecule has 2 atom stereocenters. The van der Waals surface area contributed by atoms with E-state index in [1.165, 1.54) is 0 Å². The number of aliphatic hydroxyl groups is 1. The number of hydrogen-bond donors (Lipinski definition) is 3. The predicted molar refractivity (Wildman–Crippen MR) is 158 cm³/mol. The first kappa shape index (κ1) is 26.8. The summed E-state index contributed by atoms with van der Waals surface area (Å²) in [4.78, 5) is 25.6. The molecule has 9 nitrogen and oxygen atoms in total. The second kappa shape index (κ2) is 10.9. The van der Waals surface area contributed by atoms with Crippen molar-refractivity contribution in [1.82, 2.24) is 15.3 Å². The van der Waals surface area contributed by atoms with Crippen LogP contribution in [0.1, 0.15) is 35.6 Å².